The highest BCUT2D eigenvalue weighted by molar-refractivity contribution is 6.00. The number of primary amides is 1. The number of carbonyl (C=O) groups excluding carboxylic acids is 1. The molecule has 0 saturated carbocycles. The van der Waals surface area contributed by atoms with Gasteiger partial charge in [-0.1, -0.05) is 0 Å². The zero-order valence-electron chi connectivity index (χ0n) is 6.32. The van der Waals surface area contributed by atoms with Crippen molar-refractivity contribution in [2.24, 2.45) is 10.7 Å². The molecule has 2 rings (SSSR count). The summed E-state index contributed by atoms with van der Waals surface area (Å²) in [6, 6.07) is 0. The van der Waals surface area contributed by atoms with Gasteiger partial charge in [0.05, 0.1) is 17.5 Å². The Morgan fingerprint density at radius 1 is 1.75 bits per heavy atom. The molecule has 2 aliphatic rings. The third-order valence-corrected chi connectivity index (χ3v) is 1.79. The molecule has 0 aromatic rings. The van der Waals surface area contributed by atoms with E-state index in [1.807, 2.05) is 0 Å². The Hall–Kier alpha value is -1.62. The number of allylic oxidation sites excluding steroid dienone is 1. The summed E-state index contributed by atoms with van der Waals surface area (Å²) in [5.41, 5.74) is 9.44. The van der Waals surface area contributed by atoms with Gasteiger partial charge in [-0.15, -0.1) is 0 Å². The smallest absolute Gasteiger partial charge is 0.248 e. The molecule has 0 saturated heterocycles. The largest absolute Gasteiger partial charge is 0.366 e. The predicted molar refractivity (Wildman–Crippen MR) is 43.7 cm³/mol. The van der Waals surface area contributed by atoms with Crippen LogP contribution in [0.3, 0.4) is 0 Å². The number of hydrogen-bond donors (Lipinski definition) is 2. The summed E-state index contributed by atoms with van der Waals surface area (Å²) in [5, 5.41) is 1.73. The van der Waals surface area contributed by atoms with Gasteiger partial charge < -0.3 is 5.73 Å². The molecule has 5 nitrogen and oxygen atoms in total. The average Bonchev–Trinajstić information content (AvgIpc) is 2.47. The van der Waals surface area contributed by atoms with E-state index in [0.29, 0.717) is 12.1 Å². The van der Waals surface area contributed by atoms with E-state index in [0.717, 1.165) is 5.70 Å². The first-order valence-corrected chi connectivity index (χ1v) is 3.54. The fourth-order valence-electron chi connectivity index (χ4n) is 1.19. The van der Waals surface area contributed by atoms with Crippen LogP contribution < -0.4 is 11.2 Å². The lowest BCUT2D eigenvalue weighted by Crippen LogP contribution is -2.27. The van der Waals surface area contributed by atoms with Crippen molar-refractivity contribution in [3.63, 3.8) is 0 Å². The Labute approximate surface area is 69.2 Å². The lowest BCUT2D eigenvalue weighted by molar-refractivity contribution is -0.114. The van der Waals surface area contributed by atoms with E-state index in [9.17, 15) is 4.79 Å². The van der Waals surface area contributed by atoms with Crippen molar-refractivity contribution in [1.29, 1.82) is 0 Å². The molecule has 62 valence electrons. The minimum Gasteiger partial charge on any atom is -0.366 e. The standard InChI is InChI=1S/C7H8N4O/c8-7(12)5-3-10-11-2-1-9-4-6(5)11/h1-2,4,10H,3H2,(H2,8,12). The van der Waals surface area contributed by atoms with Crippen LogP contribution in [-0.4, -0.2) is 23.7 Å². The van der Waals surface area contributed by atoms with E-state index >= 15 is 0 Å². The van der Waals surface area contributed by atoms with Crippen molar-refractivity contribution in [1.82, 2.24) is 10.4 Å². The summed E-state index contributed by atoms with van der Waals surface area (Å²) < 4.78 is 0. The lowest BCUT2D eigenvalue weighted by Gasteiger charge is -2.15. The van der Waals surface area contributed by atoms with E-state index in [1.54, 1.807) is 23.6 Å². The fourth-order valence-corrected chi connectivity index (χ4v) is 1.19. The summed E-state index contributed by atoms with van der Waals surface area (Å²) >= 11 is 0. The molecule has 12 heavy (non-hydrogen) atoms. The summed E-state index contributed by atoms with van der Waals surface area (Å²) in [5.74, 6) is -0.401. The highest BCUT2D eigenvalue weighted by Crippen LogP contribution is 2.15. The van der Waals surface area contributed by atoms with Gasteiger partial charge >= 0.3 is 0 Å². The van der Waals surface area contributed by atoms with Crippen molar-refractivity contribution in [3.05, 3.63) is 23.7 Å². The van der Waals surface area contributed by atoms with Gasteiger partial charge in [0.15, 0.2) is 0 Å². The Morgan fingerprint density at radius 2 is 2.58 bits per heavy atom. The van der Waals surface area contributed by atoms with E-state index in [1.165, 1.54) is 0 Å². The second-order valence-electron chi connectivity index (χ2n) is 2.51. The third-order valence-electron chi connectivity index (χ3n) is 1.79. The Balaban J connectivity index is 2.40. The normalized spacial score (nSPS) is 20.2. The molecular formula is C7H8N4O. The molecule has 2 aliphatic heterocycles. The molecule has 0 fully saturated rings. The van der Waals surface area contributed by atoms with Crippen LogP contribution in [0.1, 0.15) is 0 Å². The van der Waals surface area contributed by atoms with E-state index in [2.05, 4.69) is 10.4 Å². The summed E-state index contributed by atoms with van der Waals surface area (Å²) in [6.07, 6.45) is 4.99. The Kier molecular flexibility index (Phi) is 1.44. The van der Waals surface area contributed by atoms with E-state index < -0.39 is 5.91 Å². The van der Waals surface area contributed by atoms with Crippen molar-refractivity contribution < 1.29 is 4.79 Å². The van der Waals surface area contributed by atoms with Gasteiger partial charge in [0.2, 0.25) is 5.91 Å². The number of nitrogens with zero attached hydrogens (tertiary/aromatic N) is 2. The second-order valence-corrected chi connectivity index (χ2v) is 2.51. The fraction of sp³-hybridized carbons (Fsp3) is 0.143. The average molecular weight is 164 g/mol. The van der Waals surface area contributed by atoms with Crippen LogP contribution in [0.5, 0.6) is 0 Å². The minimum atomic E-state index is -0.401. The maximum absolute atomic E-state index is 10.9. The number of carbonyl (C=O) groups is 1. The molecule has 5 heteroatoms. The first-order valence-electron chi connectivity index (χ1n) is 3.54. The summed E-state index contributed by atoms with van der Waals surface area (Å²) in [6.45, 7) is 0.473. The Bertz CT molecular complexity index is 315. The van der Waals surface area contributed by atoms with Crippen molar-refractivity contribution in [2.75, 3.05) is 6.54 Å². The molecule has 0 bridgehead atoms. The highest BCUT2D eigenvalue weighted by atomic mass is 16.1. The summed E-state index contributed by atoms with van der Waals surface area (Å²) in [7, 11) is 0. The van der Waals surface area contributed by atoms with Crippen LogP contribution in [-0.2, 0) is 4.79 Å². The van der Waals surface area contributed by atoms with Crippen LogP contribution >= 0.6 is 0 Å². The van der Waals surface area contributed by atoms with Gasteiger partial charge in [-0.3, -0.25) is 14.8 Å². The summed E-state index contributed by atoms with van der Waals surface area (Å²) in [4.78, 5) is 14.8. The maximum Gasteiger partial charge on any atom is 0.248 e. The maximum atomic E-state index is 10.9. The van der Waals surface area contributed by atoms with Gasteiger partial charge in [-0.05, 0) is 0 Å². The Morgan fingerprint density at radius 3 is 3.33 bits per heavy atom. The molecule has 0 aliphatic carbocycles. The number of hydrogen-bond acceptors (Lipinski definition) is 4. The van der Waals surface area contributed by atoms with Crippen LogP contribution in [0.4, 0.5) is 0 Å². The van der Waals surface area contributed by atoms with Crippen LogP contribution in [0.2, 0.25) is 0 Å². The molecule has 0 aromatic heterocycles. The highest BCUT2D eigenvalue weighted by Gasteiger charge is 2.23. The van der Waals surface area contributed by atoms with Gasteiger partial charge in [0, 0.05) is 18.9 Å². The topological polar surface area (TPSA) is 70.7 Å². The van der Waals surface area contributed by atoms with Crippen molar-refractivity contribution >= 4 is 12.1 Å². The quantitative estimate of drug-likeness (QED) is 0.527. The molecule has 0 atom stereocenters. The van der Waals surface area contributed by atoms with Gasteiger partial charge in [-0.2, -0.15) is 0 Å². The first-order chi connectivity index (χ1) is 5.79. The SMILES string of the molecule is NC(=O)C1=C2C=NC=CN2NC1. The monoisotopic (exact) mass is 164 g/mol. The number of nitrogens with one attached hydrogen (secondary N) is 1. The van der Waals surface area contributed by atoms with Gasteiger partial charge in [0.1, 0.15) is 0 Å². The number of aliphatic imine (C=N–C) groups is 1. The number of amides is 1. The molecule has 2 heterocycles. The van der Waals surface area contributed by atoms with Crippen LogP contribution in [0.25, 0.3) is 0 Å². The van der Waals surface area contributed by atoms with Crippen LogP contribution in [0.15, 0.2) is 28.7 Å². The first kappa shape index (κ1) is 7.05. The molecule has 0 unspecified atom stereocenters. The lowest BCUT2D eigenvalue weighted by atomic mass is 10.2. The van der Waals surface area contributed by atoms with Crippen molar-refractivity contribution in [3.8, 4) is 0 Å². The molecule has 0 aromatic carbocycles. The second kappa shape index (κ2) is 2.46. The molecular weight excluding hydrogens is 156 g/mol. The molecule has 1 amide bonds. The number of hydrazine groups is 1. The molecule has 0 radical (unpaired) electrons. The van der Waals surface area contributed by atoms with Gasteiger partial charge in [-0.25, -0.2) is 5.43 Å². The van der Waals surface area contributed by atoms with Crippen molar-refractivity contribution in [2.45, 2.75) is 0 Å². The van der Waals surface area contributed by atoms with Crippen LogP contribution in [0, 0.1) is 0 Å². The van der Waals surface area contributed by atoms with E-state index in [-0.39, 0.29) is 0 Å². The number of rotatable bonds is 1. The van der Waals surface area contributed by atoms with Gasteiger partial charge in [0.25, 0.3) is 0 Å². The number of fused-ring (bicyclic) bond motifs is 1. The zero-order valence-corrected chi connectivity index (χ0v) is 6.32. The molecule has 3 N–H and O–H groups in total. The zero-order chi connectivity index (χ0) is 8.55. The number of nitrogens with two attached hydrogens (primary N) is 1. The minimum absolute atomic E-state index is 0.401. The molecule has 0 spiro atoms. The third kappa shape index (κ3) is 0.911. The van der Waals surface area contributed by atoms with E-state index in [4.69, 9.17) is 5.73 Å². The predicted octanol–water partition coefficient (Wildman–Crippen LogP) is -0.898.